The van der Waals surface area contributed by atoms with E-state index in [9.17, 15) is 4.79 Å². The molecule has 1 aliphatic heterocycles. The van der Waals surface area contributed by atoms with Crippen molar-refractivity contribution in [3.63, 3.8) is 0 Å². The minimum Gasteiger partial charge on any atom is -0.489 e. The molecule has 1 aromatic heterocycles. The third kappa shape index (κ3) is 4.66. The van der Waals surface area contributed by atoms with Crippen LogP contribution in [0.15, 0.2) is 90.4 Å². The average Bonchev–Trinajstić information content (AvgIpc) is 3.32. The van der Waals surface area contributed by atoms with E-state index < -0.39 is 6.04 Å². The van der Waals surface area contributed by atoms with Crippen LogP contribution in [-0.2, 0) is 11.4 Å². The minimum absolute atomic E-state index is 0.191. The lowest BCUT2D eigenvalue weighted by atomic mass is 9.94. The van der Waals surface area contributed by atoms with Gasteiger partial charge in [-0.05, 0) is 55.7 Å². The number of carbonyl (C=O) groups excluding carboxylic acids is 1. The Hall–Kier alpha value is -4.39. The number of fused-ring (bicyclic) bond motifs is 1. The number of hydrogen-bond acceptors (Lipinski definition) is 5. The van der Waals surface area contributed by atoms with E-state index in [1.165, 1.54) is 6.33 Å². The summed E-state index contributed by atoms with van der Waals surface area (Å²) in [7, 11) is 0. The number of carbonyl (C=O) groups is 1. The maximum atomic E-state index is 13.6. The highest BCUT2D eigenvalue weighted by Crippen LogP contribution is 2.36. The fraction of sp³-hybridized carbons (Fsp3) is 0.179. The summed E-state index contributed by atoms with van der Waals surface area (Å²) in [6.07, 6.45) is 1.49. The van der Waals surface area contributed by atoms with E-state index >= 15 is 0 Å². The summed E-state index contributed by atoms with van der Waals surface area (Å²) in [5, 5.41) is 10.7. The molecule has 0 saturated carbocycles. The molecule has 0 saturated heterocycles. The Labute approximate surface area is 204 Å². The van der Waals surface area contributed by atoms with Gasteiger partial charge in [0.15, 0.2) is 0 Å². The lowest BCUT2D eigenvalue weighted by Crippen LogP contribution is -2.31. The van der Waals surface area contributed by atoms with Crippen molar-refractivity contribution in [3.8, 4) is 5.75 Å². The molecule has 0 aliphatic carbocycles. The molecule has 7 heteroatoms. The topological polar surface area (TPSA) is 81.1 Å². The Morgan fingerprint density at radius 3 is 2.66 bits per heavy atom. The zero-order valence-electron chi connectivity index (χ0n) is 19.9. The van der Waals surface area contributed by atoms with Crippen molar-refractivity contribution in [2.24, 2.45) is 0 Å². The molecule has 0 bridgehead atoms. The van der Waals surface area contributed by atoms with E-state index in [1.54, 1.807) is 4.68 Å². The number of aryl methyl sites for hydroxylation is 2. The number of ether oxygens (including phenoxy) is 1. The molecule has 176 valence electrons. The highest BCUT2D eigenvalue weighted by Gasteiger charge is 2.33. The molecular formula is C28H27N5O2. The van der Waals surface area contributed by atoms with E-state index in [-0.39, 0.29) is 5.91 Å². The largest absolute Gasteiger partial charge is 0.489 e. The number of amides is 1. The first-order valence-corrected chi connectivity index (χ1v) is 11.5. The molecule has 5 rings (SSSR count). The molecule has 7 nitrogen and oxygen atoms in total. The molecule has 0 radical (unpaired) electrons. The van der Waals surface area contributed by atoms with Crippen LogP contribution in [0.25, 0.3) is 0 Å². The quantitative estimate of drug-likeness (QED) is 0.398. The Morgan fingerprint density at radius 2 is 1.86 bits per heavy atom. The van der Waals surface area contributed by atoms with Crippen molar-refractivity contribution in [2.75, 3.05) is 10.6 Å². The third-order valence-electron chi connectivity index (χ3n) is 6.09. The number of nitrogens with one attached hydrogen (secondary N) is 2. The second-order valence-corrected chi connectivity index (χ2v) is 8.71. The molecule has 3 aromatic carbocycles. The fourth-order valence-electron chi connectivity index (χ4n) is 4.35. The molecule has 2 heterocycles. The molecule has 0 spiro atoms. The minimum atomic E-state index is -0.459. The first-order chi connectivity index (χ1) is 17.0. The fourth-order valence-corrected chi connectivity index (χ4v) is 4.35. The number of nitrogens with zero attached hydrogens (tertiary/aromatic N) is 3. The van der Waals surface area contributed by atoms with Crippen molar-refractivity contribution in [1.82, 2.24) is 14.8 Å². The number of allylic oxidation sites excluding steroid dienone is 1. The van der Waals surface area contributed by atoms with Crippen LogP contribution in [0.1, 0.15) is 35.2 Å². The van der Waals surface area contributed by atoms with Gasteiger partial charge < -0.3 is 15.4 Å². The van der Waals surface area contributed by atoms with Crippen LogP contribution in [0, 0.1) is 13.8 Å². The van der Waals surface area contributed by atoms with Gasteiger partial charge in [-0.3, -0.25) is 4.79 Å². The Kier molecular flexibility index (Phi) is 6.06. The summed E-state index contributed by atoms with van der Waals surface area (Å²) in [4.78, 5) is 18.0. The van der Waals surface area contributed by atoms with Gasteiger partial charge in [-0.1, -0.05) is 60.2 Å². The van der Waals surface area contributed by atoms with Gasteiger partial charge in [0.25, 0.3) is 5.91 Å². The maximum Gasteiger partial charge on any atom is 0.255 e. The van der Waals surface area contributed by atoms with Crippen molar-refractivity contribution in [2.45, 2.75) is 33.4 Å². The molecule has 1 atom stereocenters. The lowest BCUT2D eigenvalue weighted by molar-refractivity contribution is -0.113. The van der Waals surface area contributed by atoms with Crippen molar-refractivity contribution >= 4 is 17.5 Å². The Morgan fingerprint density at radius 1 is 1.03 bits per heavy atom. The van der Waals surface area contributed by atoms with Gasteiger partial charge in [0.2, 0.25) is 5.95 Å². The highest BCUT2D eigenvalue weighted by atomic mass is 16.5. The van der Waals surface area contributed by atoms with E-state index in [4.69, 9.17) is 4.74 Å². The predicted octanol–water partition coefficient (Wildman–Crippen LogP) is 5.40. The molecule has 0 fully saturated rings. The number of anilines is 2. The van der Waals surface area contributed by atoms with Gasteiger partial charge in [0.1, 0.15) is 24.7 Å². The normalized spacial score (nSPS) is 14.8. The monoisotopic (exact) mass is 465 g/mol. The molecule has 0 unspecified atom stereocenters. The first kappa shape index (κ1) is 22.4. The van der Waals surface area contributed by atoms with Gasteiger partial charge in [-0.25, -0.2) is 4.68 Å². The molecule has 2 N–H and O–H groups in total. The van der Waals surface area contributed by atoms with Crippen LogP contribution < -0.4 is 15.4 Å². The van der Waals surface area contributed by atoms with Crippen LogP contribution in [-0.4, -0.2) is 20.7 Å². The molecular weight excluding hydrogens is 438 g/mol. The van der Waals surface area contributed by atoms with Gasteiger partial charge in [-0.2, -0.15) is 10.1 Å². The highest BCUT2D eigenvalue weighted by molar-refractivity contribution is 6.06. The van der Waals surface area contributed by atoms with Crippen molar-refractivity contribution in [1.29, 1.82) is 0 Å². The third-order valence-corrected chi connectivity index (χ3v) is 6.09. The zero-order chi connectivity index (χ0) is 24.4. The summed E-state index contributed by atoms with van der Waals surface area (Å²) >= 11 is 0. The van der Waals surface area contributed by atoms with Crippen LogP contribution in [0.5, 0.6) is 5.75 Å². The maximum absolute atomic E-state index is 13.6. The summed E-state index contributed by atoms with van der Waals surface area (Å²) in [5.41, 5.74) is 6.21. The van der Waals surface area contributed by atoms with E-state index in [0.717, 1.165) is 39.4 Å². The van der Waals surface area contributed by atoms with E-state index in [2.05, 4.69) is 26.8 Å². The summed E-state index contributed by atoms with van der Waals surface area (Å²) in [5.74, 6) is 1.12. The van der Waals surface area contributed by atoms with Crippen LogP contribution in [0.3, 0.4) is 0 Å². The Balaban J connectivity index is 1.47. The van der Waals surface area contributed by atoms with Gasteiger partial charge in [-0.15, -0.1) is 0 Å². The van der Waals surface area contributed by atoms with Crippen LogP contribution in [0.4, 0.5) is 11.6 Å². The van der Waals surface area contributed by atoms with E-state index in [1.807, 2.05) is 87.5 Å². The number of rotatable bonds is 6. The summed E-state index contributed by atoms with van der Waals surface area (Å²) in [6.45, 7) is 6.37. The van der Waals surface area contributed by atoms with Crippen molar-refractivity contribution in [3.05, 3.63) is 113 Å². The SMILES string of the molecule is CC1=C(C(=O)Nc2ccc(C)cc2C)[C@H](c2cccc(OCc3ccccc3)c2)n2ncnc2N1. The predicted molar refractivity (Wildman–Crippen MR) is 136 cm³/mol. The van der Waals surface area contributed by atoms with Gasteiger partial charge in [0, 0.05) is 11.4 Å². The van der Waals surface area contributed by atoms with Crippen LogP contribution >= 0.6 is 0 Å². The number of hydrogen-bond donors (Lipinski definition) is 2. The number of benzene rings is 3. The van der Waals surface area contributed by atoms with Crippen molar-refractivity contribution < 1.29 is 9.53 Å². The van der Waals surface area contributed by atoms with Crippen LogP contribution in [0.2, 0.25) is 0 Å². The molecule has 35 heavy (non-hydrogen) atoms. The molecule has 4 aromatic rings. The lowest BCUT2D eigenvalue weighted by Gasteiger charge is -2.29. The molecule has 1 amide bonds. The molecule has 1 aliphatic rings. The van der Waals surface area contributed by atoms with E-state index in [0.29, 0.717) is 18.1 Å². The zero-order valence-corrected chi connectivity index (χ0v) is 19.9. The second-order valence-electron chi connectivity index (χ2n) is 8.71. The summed E-state index contributed by atoms with van der Waals surface area (Å²) < 4.78 is 7.80. The summed E-state index contributed by atoms with van der Waals surface area (Å²) in [6, 6.07) is 23.3. The van der Waals surface area contributed by atoms with Gasteiger partial charge >= 0.3 is 0 Å². The number of aromatic nitrogens is 3. The smallest absolute Gasteiger partial charge is 0.255 e. The Bertz CT molecular complexity index is 1410. The first-order valence-electron chi connectivity index (χ1n) is 11.5. The standard InChI is InChI=1S/C28H27N5O2/c1-18-12-13-24(19(2)14-18)32-27(34)25-20(3)31-28-29-17-30-33(28)26(25)22-10-7-11-23(15-22)35-16-21-8-5-4-6-9-21/h4-15,17,26H,16H2,1-3H3,(H,32,34)(H,29,30,31)/t26-/m0/s1. The van der Waals surface area contributed by atoms with Gasteiger partial charge in [0.05, 0.1) is 5.57 Å². The second kappa shape index (κ2) is 9.46. The average molecular weight is 466 g/mol.